The summed E-state index contributed by atoms with van der Waals surface area (Å²) in [5, 5.41) is 2.46. The highest BCUT2D eigenvalue weighted by molar-refractivity contribution is 5.76. The number of rotatable bonds is 3. The van der Waals surface area contributed by atoms with Gasteiger partial charge in [0.1, 0.15) is 6.42 Å². The minimum absolute atomic E-state index is 0.0577. The van der Waals surface area contributed by atoms with Crippen molar-refractivity contribution in [3.8, 4) is 0 Å². The van der Waals surface area contributed by atoms with Crippen molar-refractivity contribution in [3.05, 3.63) is 0 Å². The highest BCUT2D eigenvalue weighted by Gasteiger charge is 2.32. The van der Waals surface area contributed by atoms with E-state index >= 15 is 0 Å². The van der Waals surface area contributed by atoms with Gasteiger partial charge in [0.2, 0.25) is 5.91 Å². The maximum Gasteiger partial charge on any atom is 0.397 e. The SMILES string of the molecule is CCC1CCC(NC(=O)CC(F)(F)F)CC1. The summed E-state index contributed by atoms with van der Waals surface area (Å²) in [5.74, 6) is -0.219. The molecule has 0 aliphatic heterocycles. The van der Waals surface area contributed by atoms with E-state index in [9.17, 15) is 18.0 Å². The lowest BCUT2D eigenvalue weighted by Crippen LogP contribution is -2.39. The van der Waals surface area contributed by atoms with Crippen molar-refractivity contribution >= 4 is 5.91 Å². The van der Waals surface area contributed by atoms with E-state index in [1.165, 1.54) is 0 Å². The van der Waals surface area contributed by atoms with Crippen LogP contribution in [0.25, 0.3) is 0 Å². The van der Waals surface area contributed by atoms with Crippen LogP contribution in [0.2, 0.25) is 0 Å². The van der Waals surface area contributed by atoms with Gasteiger partial charge in [0, 0.05) is 6.04 Å². The van der Waals surface area contributed by atoms with E-state index in [0.29, 0.717) is 5.92 Å². The molecule has 1 N–H and O–H groups in total. The number of nitrogens with one attached hydrogen (secondary N) is 1. The van der Waals surface area contributed by atoms with E-state index in [-0.39, 0.29) is 6.04 Å². The molecule has 94 valence electrons. The lowest BCUT2D eigenvalue weighted by Gasteiger charge is -2.28. The molecule has 0 bridgehead atoms. The van der Waals surface area contributed by atoms with Crippen LogP contribution in [-0.4, -0.2) is 18.1 Å². The molecule has 0 aromatic heterocycles. The predicted molar refractivity (Wildman–Crippen MR) is 54.9 cm³/mol. The minimum Gasteiger partial charge on any atom is -0.353 e. The molecule has 1 amide bonds. The van der Waals surface area contributed by atoms with Gasteiger partial charge in [-0.05, 0) is 31.6 Å². The van der Waals surface area contributed by atoms with Crippen LogP contribution in [0.1, 0.15) is 45.4 Å². The molecule has 1 aliphatic carbocycles. The van der Waals surface area contributed by atoms with Crippen LogP contribution in [0, 0.1) is 5.92 Å². The zero-order valence-electron chi connectivity index (χ0n) is 9.44. The number of alkyl halides is 3. The van der Waals surface area contributed by atoms with Gasteiger partial charge in [-0.2, -0.15) is 13.2 Å². The summed E-state index contributed by atoms with van der Waals surface area (Å²) in [6.45, 7) is 2.12. The number of amides is 1. The molecule has 0 radical (unpaired) electrons. The van der Waals surface area contributed by atoms with Gasteiger partial charge >= 0.3 is 6.18 Å². The van der Waals surface area contributed by atoms with Gasteiger partial charge in [0.05, 0.1) is 0 Å². The maximum atomic E-state index is 11.9. The number of halogens is 3. The van der Waals surface area contributed by atoms with Gasteiger partial charge < -0.3 is 5.32 Å². The van der Waals surface area contributed by atoms with E-state index in [0.717, 1.165) is 32.1 Å². The summed E-state index contributed by atoms with van der Waals surface area (Å²) in [6, 6.07) is -0.0577. The van der Waals surface area contributed by atoms with Crippen molar-refractivity contribution in [1.29, 1.82) is 0 Å². The predicted octanol–water partition coefficient (Wildman–Crippen LogP) is 3.02. The molecule has 0 spiro atoms. The number of carbonyl (C=O) groups excluding carboxylic acids is 1. The molecule has 0 aromatic rings. The van der Waals surface area contributed by atoms with Gasteiger partial charge in [-0.15, -0.1) is 0 Å². The van der Waals surface area contributed by atoms with Gasteiger partial charge in [0.25, 0.3) is 0 Å². The first-order chi connectivity index (χ1) is 7.40. The Balaban J connectivity index is 2.26. The molecule has 5 heteroatoms. The molecule has 1 saturated carbocycles. The summed E-state index contributed by atoms with van der Waals surface area (Å²) in [4.78, 5) is 11.0. The quantitative estimate of drug-likeness (QED) is 0.803. The highest BCUT2D eigenvalue weighted by atomic mass is 19.4. The Morgan fingerprint density at radius 3 is 2.25 bits per heavy atom. The largest absolute Gasteiger partial charge is 0.397 e. The molecule has 2 nitrogen and oxygen atoms in total. The van der Waals surface area contributed by atoms with Crippen LogP contribution in [0.15, 0.2) is 0 Å². The summed E-state index contributed by atoms with van der Waals surface area (Å²) >= 11 is 0. The first-order valence-corrected chi connectivity index (χ1v) is 5.77. The lowest BCUT2D eigenvalue weighted by molar-refractivity contribution is -0.154. The molecule has 0 aromatic carbocycles. The Morgan fingerprint density at radius 1 is 1.25 bits per heavy atom. The molecular formula is C11H18F3NO. The lowest BCUT2D eigenvalue weighted by atomic mass is 9.84. The summed E-state index contributed by atoms with van der Waals surface area (Å²) < 4.78 is 35.7. The van der Waals surface area contributed by atoms with E-state index in [1.54, 1.807) is 0 Å². The fourth-order valence-corrected chi connectivity index (χ4v) is 2.18. The fraction of sp³-hybridized carbons (Fsp3) is 0.909. The molecule has 0 heterocycles. The topological polar surface area (TPSA) is 29.1 Å². The maximum absolute atomic E-state index is 11.9. The first kappa shape index (κ1) is 13.3. The fourth-order valence-electron chi connectivity index (χ4n) is 2.18. The second-order valence-corrected chi connectivity index (χ2v) is 4.49. The standard InChI is InChI=1S/C11H18F3NO/c1-2-8-3-5-9(6-4-8)15-10(16)7-11(12,13)14/h8-9H,2-7H2,1H3,(H,15,16). The van der Waals surface area contributed by atoms with Crippen LogP contribution in [0.4, 0.5) is 13.2 Å². The van der Waals surface area contributed by atoms with Crippen LogP contribution in [-0.2, 0) is 4.79 Å². The Hall–Kier alpha value is -0.740. The zero-order valence-corrected chi connectivity index (χ0v) is 9.44. The van der Waals surface area contributed by atoms with Gasteiger partial charge in [-0.1, -0.05) is 13.3 Å². The first-order valence-electron chi connectivity index (χ1n) is 5.77. The van der Waals surface area contributed by atoms with Gasteiger partial charge in [0.15, 0.2) is 0 Å². The molecule has 0 saturated heterocycles. The van der Waals surface area contributed by atoms with Gasteiger partial charge in [-0.3, -0.25) is 4.79 Å². The highest BCUT2D eigenvalue weighted by Crippen LogP contribution is 2.27. The second kappa shape index (κ2) is 5.55. The summed E-state index contributed by atoms with van der Waals surface area (Å²) in [6.07, 6.45) is -1.01. The monoisotopic (exact) mass is 237 g/mol. The molecule has 0 atom stereocenters. The van der Waals surface area contributed by atoms with Crippen molar-refractivity contribution in [2.75, 3.05) is 0 Å². The molecule has 0 unspecified atom stereocenters. The normalized spacial score (nSPS) is 26.5. The van der Waals surface area contributed by atoms with E-state index in [2.05, 4.69) is 12.2 Å². The molecule has 1 aliphatic rings. The Kier molecular flexibility index (Phi) is 4.62. The van der Waals surface area contributed by atoms with Crippen molar-refractivity contribution in [1.82, 2.24) is 5.32 Å². The number of hydrogen-bond acceptors (Lipinski definition) is 1. The number of carbonyl (C=O) groups is 1. The van der Waals surface area contributed by atoms with Crippen LogP contribution < -0.4 is 5.32 Å². The summed E-state index contributed by atoms with van der Waals surface area (Å²) in [5.41, 5.74) is 0. The number of hydrogen-bond donors (Lipinski definition) is 1. The van der Waals surface area contributed by atoms with Crippen LogP contribution >= 0.6 is 0 Å². The Bertz CT molecular complexity index is 232. The average molecular weight is 237 g/mol. The van der Waals surface area contributed by atoms with Crippen molar-refractivity contribution in [2.45, 2.75) is 57.7 Å². The molecular weight excluding hydrogens is 219 g/mol. The third kappa shape index (κ3) is 4.86. The minimum atomic E-state index is -4.40. The third-order valence-electron chi connectivity index (χ3n) is 3.15. The molecule has 16 heavy (non-hydrogen) atoms. The third-order valence-corrected chi connectivity index (χ3v) is 3.15. The van der Waals surface area contributed by atoms with Crippen molar-refractivity contribution in [3.63, 3.8) is 0 Å². The van der Waals surface area contributed by atoms with E-state index in [1.807, 2.05) is 0 Å². The van der Waals surface area contributed by atoms with E-state index < -0.39 is 18.5 Å². The van der Waals surface area contributed by atoms with Crippen molar-refractivity contribution < 1.29 is 18.0 Å². The zero-order chi connectivity index (χ0) is 12.2. The molecule has 1 fully saturated rings. The summed E-state index contributed by atoms with van der Waals surface area (Å²) in [7, 11) is 0. The Morgan fingerprint density at radius 2 is 1.81 bits per heavy atom. The molecule has 1 rings (SSSR count). The van der Waals surface area contributed by atoms with E-state index in [4.69, 9.17) is 0 Å². The van der Waals surface area contributed by atoms with Crippen molar-refractivity contribution in [2.24, 2.45) is 5.92 Å². The van der Waals surface area contributed by atoms with Gasteiger partial charge in [-0.25, -0.2) is 0 Å². The second-order valence-electron chi connectivity index (χ2n) is 4.49. The van der Waals surface area contributed by atoms with Crippen LogP contribution in [0.3, 0.4) is 0 Å². The van der Waals surface area contributed by atoms with Crippen LogP contribution in [0.5, 0.6) is 0 Å². The Labute approximate surface area is 93.6 Å². The average Bonchev–Trinajstić information content (AvgIpc) is 2.16. The smallest absolute Gasteiger partial charge is 0.353 e.